The van der Waals surface area contributed by atoms with Gasteiger partial charge in [-0.15, -0.1) is 11.3 Å². The fourth-order valence-electron chi connectivity index (χ4n) is 3.88. The van der Waals surface area contributed by atoms with Gasteiger partial charge < -0.3 is 9.47 Å². The van der Waals surface area contributed by atoms with Crippen LogP contribution in [0.15, 0.2) is 48.5 Å². The van der Waals surface area contributed by atoms with Crippen LogP contribution in [0.4, 0.5) is 10.5 Å². The van der Waals surface area contributed by atoms with E-state index in [9.17, 15) is 9.59 Å². The van der Waals surface area contributed by atoms with Crippen LogP contribution in [0.25, 0.3) is 10.2 Å². The number of aromatic nitrogens is 1. The molecule has 0 spiro atoms. The van der Waals surface area contributed by atoms with Gasteiger partial charge in [0.05, 0.1) is 35.7 Å². The van der Waals surface area contributed by atoms with Gasteiger partial charge in [0.15, 0.2) is 0 Å². The van der Waals surface area contributed by atoms with Crippen LogP contribution in [-0.2, 0) is 20.9 Å². The van der Waals surface area contributed by atoms with Crippen molar-refractivity contribution < 1.29 is 19.1 Å². The molecule has 156 valence electrons. The molecule has 1 aromatic heterocycles. The van der Waals surface area contributed by atoms with E-state index in [1.54, 1.807) is 17.4 Å². The zero-order chi connectivity index (χ0) is 21.1. The van der Waals surface area contributed by atoms with Crippen LogP contribution >= 0.6 is 11.3 Å². The van der Waals surface area contributed by atoms with Gasteiger partial charge in [0.25, 0.3) is 0 Å². The Balaban J connectivity index is 1.41. The van der Waals surface area contributed by atoms with E-state index >= 15 is 0 Å². The van der Waals surface area contributed by atoms with E-state index in [-0.39, 0.29) is 17.9 Å². The highest BCUT2D eigenvalue weighted by Crippen LogP contribution is 2.33. The lowest BCUT2D eigenvalue weighted by Gasteiger charge is -2.24. The van der Waals surface area contributed by atoms with Gasteiger partial charge in [-0.25, -0.2) is 14.7 Å². The number of anilines is 1. The molecule has 0 aliphatic heterocycles. The quantitative estimate of drug-likeness (QED) is 0.571. The molecule has 7 heteroatoms. The van der Waals surface area contributed by atoms with Crippen molar-refractivity contribution in [2.75, 3.05) is 12.0 Å². The van der Waals surface area contributed by atoms with E-state index in [0.29, 0.717) is 25.1 Å². The molecule has 6 nitrogen and oxygen atoms in total. The third-order valence-electron chi connectivity index (χ3n) is 5.45. The molecular weight excluding hydrogens is 400 g/mol. The summed E-state index contributed by atoms with van der Waals surface area (Å²) >= 11 is 1.63. The molecule has 0 saturated heterocycles. The monoisotopic (exact) mass is 424 g/mol. The molecule has 0 radical (unpaired) electrons. The number of nitrogens with zero attached hydrogens (tertiary/aromatic N) is 2. The minimum absolute atomic E-state index is 0.0256. The lowest BCUT2D eigenvalue weighted by molar-refractivity contribution is -0.122. The molecule has 4 rings (SSSR count). The lowest BCUT2D eigenvalue weighted by atomic mass is 10.1. The summed E-state index contributed by atoms with van der Waals surface area (Å²) in [6, 6.07) is 15.3. The zero-order valence-electron chi connectivity index (χ0n) is 17.0. The Bertz CT molecular complexity index is 1030. The average Bonchev–Trinajstić information content (AvgIpc) is 3.40. The van der Waals surface area contributed by atoms with Crippen LogP contribution in [0.1, 0.15) is 29.8 Å². The van der Waals surface area contributed by atoms with E-state index in [1.807, 2.05) is 49.4 Å². The number of thiazole rings is 1. The molecule has 3 aromatic rings. The van der Waals surface area contributed by atoms with E-state index in [0.717, 1.165) is 32.1 Å². The third kappa shape index (κ3) is 4.22. The molecule has 1 aliphatic rings. The Hall–Kier alpha value is -2.77. The SMILES string of the molecule is COC(=O)N(C(=O)C1CCC(OCc2nc3ccccc3s2)C1)c1ccccc1C. The maximum absolute atomic E-state index is 13.2. The minimum Gasteiger partial charge on any atom is -0.452 e. The second-order valence-corrected chi connectivity index (χ2v) is 8.56. The molecule has 0 bridgehead atoms. The van der Waals surface area contributed by atoms with Crippen molar-refractivity contribution in [3.05, 3.63) is 59.1 Å². The summed E-state index contributed by atoms with van der Waals surface area (Å²) in [6.45, 7) is 2.31. The number of methoxy groups -OCH3 is 1. The summed E-state index contributed by atoms with van der Waals surface area (Å²) in [4.78, 5) is 31.3. The van der Waals surface area contributed by atoms with E-state index in [4.69, 9.17) is 9.47 Å². The Morgan fingerprint density at radius 3 is 2.67 bits per heavy atom. The Kier molecular flexibility index (Phi) is 6.11. The van der Waals surface area contributed by atoms with Gasteiger partial charge in [-0.2, -0.15) is 0 Å². The van der Waals surface area contributed by atoms with Crippen molar-refractivity contribution in [3.63, 3.8) is 0 Å². The molecule has 30 heavy (non-hydrogen) atoms. The van der Waals surface area contributed by atoms with Crippen LogP contribution in [0.3, 0.4) is 0 Å². The van der Waals surface area contributed by atoms with Crippen molar-refractivity contribution in [3.8, 4) is 0 Å². The van der Waals surface area contributed by atoms with Gasteiger partial charge >= 0.3 is 6.09 Å². The first kappa shape index (κ1) is 20.5. The number of hydrogen-bond donors (Lipinski definition) is 0. The fraction of sp³-hybridized carbons (Fsp3) is 0.348. The maximum Gasteiger partial charge on any atom is 0.420 e. The highest BCUT2D eigenvalue weighted by molar-refractivity contribution is 7.18. The summed E-state index contributed by atoms with van der Waals surface area (Å²) < 4.78 is 12.1. The summed E-state index contributed by atoms with van der Waals surface area (Å²) in [5, 5.41) is 0.932. The van der Waals surface area contributed by atoms with Gasteiger partial charge in [0, 0.05) is 5.92 Å². The molecule has 1 heterocycles. The number of rotatable bonds is 5. The highest BCUT2D eigenvalue weighted by atomic mass is 32.1. The number of para-hydroxylation sites is 2. The number of hydrogen-bond acceptors (Lipinski definition) is 6. The first-order valence-corrected chi connectivity index (χ1v) is 10.8. The molecule has 0 N–H and O–H groups in total. The van der Waals surface area contributed by atoms with Gasteiger partial charge in [-0.3, -0.25) is 4.79 Å². The second kappa shape index (κ2) is 8.93. The largest absolute Gasteiger partial charge is 0.452 e. The first-order chi connectivity index (χ1) is 14.6. The van der Waals surface area contributed by atoms with Crippen molar-refractivity contribution in [2.24, 2.45) is 5.92 Å². The topological polar surface area (TPSA) is 68.7 Å². The molecule has 1 aliphatic carbocycles. The van der Waals surface area contributed by atoms with Crippen LogP contribution < -0.4 is 4.90 Å². The fourth-order valence-corrected chi connectivity index (χ4v) is 4.77. The number of amides is 2. The minimum atomic E-state index is -0.659. The van der Waals surface area contributed by atoms with Crippen molar-refractivity contribution >= 4 is 39.2 Å². The predicted octanol–water partition coefficient (Wildman–Crippen LogP) is 5.09. The summed E-state index contributed by atoms with van der Waals surface area (Å²) in [5.74, 6) is -0.508. The van der Waals surface area contributed by atoms with Gasteiger partial charge in [0.1, 0.15) is 5.01 Å². The van der Waals surface area contributed by atoms with E-state index in [2.05, 4.69) is 4.98 Å². The zero-order valence-corrected chi connectivity index (χ0v) is 17.9. The first-order valence-electron chi connectivity index (χ1n) is 10.0. The summed E-state index contributed by atoms with van der Waals surface area (Å²) in [5.41, 5.74) is 2.39. The standard InChI is InChI=1S/C23H24N2O4S/c1-15-7-3-5-9-19(15)25(23(27)28-2)22(26)16-11-12-17(13-16)29-14-21-24-18-8-4-6-10-20(18)30-21/h3-10,16-17H,11-14H2,1-2H3. The molecular formula is C23H24N2O4S. The normalized spacial score (nSPS) is 18.5. The molecule has 1 fully saturated rings. The number of aryl methyl sites for hydroxylation is 1. The van der Waals surface area contributed by atoms with Crippen LogP contribution in [0.2, 0.25) is 0 Å². The predicted molar refractivity (Wildman–Crippen MR) is 117 cm³/mol. The molecule has 2 amide bonds. The van der Waals surface area contributed by atoms with Crippen molar-refractivity contribution in [2.45, 2.75) is 38.9 Å². The highest BCUT2D eigenvalue weighted by Gasteiger charge is 2.37. The van der Waals surface area contributed by atoms with Crippen LogP contribution in [0.5, 0.6) is 0 Å². The smallest absolute Gasteiger partial charge is 0.420 e. The van der Waals surface area contributed by atoms with E-state index in [1.165, 1.54) is 7.11 Å². The summed E-state index contributed by atoms with van der Waals surface area (Å²) in [6.07, 6.45) is 1.37. The molecule has 2 atom stereocenters. The van der Waals surface area contributed by atoms with Crippen LogP contribution in [0, 0.1) is 12.8 Å². The average molecular weight is 425 g/mol. The lowest BCUT2D eigenvalue weighted by Crippen LogP contribution is -2.41. The number of carbonyl (C=O) groups excluding carboxylic acids is 2. The van der Waals surface area contributed by atoms with Gasteiger partial charge in [-0.1, -0.05) is 30.3 Å². The number of benzene rings is 2. The number of fused-ring (bicyclic) bond motifs is 1. The Morgan fingerprint density at radius 1 is 1.13 bits per heavy atom. The molecule has 2 unspecified atom stereocenters. The summed E-state index contributed by atoms with van der Waals surface area (Å²) in [7, 11) is 1.29. The van der Waals surface area contributed by atoms with E-state index < -0.39 is 6.09 Å². The maximum atomic E-state index is 13.2. The van der Waals surface area contributed by atoms with Gasteiger partial charge in [0.2, 0.25) is 5.91 Å². The third-order valence-corrected chi connectivity index (χ3v) is 6.46. The Labute approximate surface area is 179 Å². The van der Waals surface area contributed by atoms with Crippen LogP contribution in [-0.4, -0.2) is 30.2 Å². The molecule has 1 saturated carbocycles. The molecule has 2 aromatic carbocycles. The number of ether oxygens (including phenoxy) is 2. The number of imide groups is 1. The van der Waals surface area contributed by atoms with Crippen molar-refractivity contribution in [1.29, 1.82) is 0 Å². The second-order valence-electron chi connectivity index (χ2n) is 7.45. The van der Waals surface area contributed by atoms with Gasteiger partial charge in [-0.05, 0) is 49.9 Å². The number of carbonyl (C=O) groups is 2. The Morgan fingerprint density at radius 2 is 1.90 bits per heavy atom. The van der Waals surface area contributed by atoms with Crippen molar-refractivity contribution in [1.82, 2.24) is 4.98 Å².